The molecule has 4 nitrogen and oxygen atoms in total. The summed E-state index contributed by atoms with van der Waals surface area (Å²) >= 11 is 0. The summed E-state index contributed by atoms with van der Waals surface area (Å²) in [6, 6.07) is 13.4. The molecule has 1 radical (unpaired) electrons. The van der Waals surface area contributed by atoms with Crippen LogP contribution in [0.4, 0.5) is 0 Å². The lowest BCUT2D eigenvalue weighted by atomic mass is 9.99. The molecule has 89 valence electrons. The van der Waals surface area contributed by atoms with Crippen molar-refractivity contribution in [2.45, 2.75) is 0 Å². The fourth-order valence-electron chi connectivity index (χ4n) is 1.65. The largest absolute Gasteiger partial charge is 0.478 e. The van der Waals surface area contributed by atoms with Crippen molar-refractivity contribution in [3.8, 4) is 11.1 Å². The van der Waals surface area contributed by atoms with Crippen molar-refractivity contribution in [1.82, 2.24) is 0 Å². The van der Waals surface area contributed by atoms with Gasteiger partial charge in [-0.25, -0.2) is 9.59 Å². The zero-order valence-corrected chi connectivity index (χ0v) is 9.25. The Morgan fingerprint density at radius 1 is 0.944 bits per heavy atom. The topological polar surface area (TPSA) is 74.6 Å². The second-order valence-corrected chi connectivity index (χ2v) is 3.66. The quantitative estimate of drug-likeness (QED) is 0.865. The monoisotopic (exact) mass is 241 g/mol. The third-order valence-electron chi connectivity index (χ3n) is 2.54. The Morgan fingerprint density at radius 2 is 1.61 bits per heavy atom. The predicted octanol–water partition coefficient (Wildman–Crippen LogP) is 2.55. The molecule has 0 aliphatic carbocycles. The normalized spacial score (nSPS) is 10.0. The second-order valence-electron chi connectivity index (χ2n) is 3.66. The van der Waals surface area contributed by atoms with Gasteiger partial charge < -0.3 is 10.2 Å². The molecule has 18 heavy (non-hydrogen) atoms. The molecule has 0 aliphatic rings. The van der Waals surface area contributed by atoms with E-state index >= 15 is 0 Å². The molecule has 0 aliphatic heterocycles. The highest BCUT2D eigenvalue weighted by molar-refractivity contribution is 5.96. The van der Waals surface area contributed by atoms with Crippen molar-refractivity contribution in [3.05, 3.63) is 59.7 Å². The zero-order chi connectivity index (χ0) is 13.1. The van der Waals surface area contributed by atoms with Crippen LogP contribution in [-0.4, -0.2) is 22.2 Å². The Labute approximate surface area is 103 Å². The van der Waals surface area contributed by atoms with E-state index in [0.29, 0.717) is 11.1 Å². The van der Waals surface area contributed by atoms with Crippen LogP contribution in [0, 0.1) is 6.07 Å². The Balaban J connectivity index is 2.49. The number of carboxylic acids is 2. The smallest absolute Gasteiger partial charge is 0.336 e. The molecular formula is C14H9O4. The average Bonchev–Trinajstić information content (AvgIpc) is 2.39. The van der Waals surface area contributed by atoms with Gasteiger partial charge in [0.15, 0.2) is 0 Å². The Hall–Kier alpha value is -2.62. The molecule has 0 fully saturated rings. The lowest BCUT2D eigenvalue weighted by molar-refractivity contribution is 0.0686. The molecule has 2 aromatic rings. The highest BCUT2D eigenvalue weighted by atomic mass is 16.4. The van der Waals surface area contributed by atoms with E-state index in [9.17, 15) is 9.59 Å². The van der Waals surface area contributed by atoms with Crippen LogP contribution in [0.5, 0.6) is 0 Å². The van der Waals surface area contributed by atoms with Gasteiger partial charge in [0.1, 0.15) is 0 Å². The Kier molecular flexibility index (Phi) is 3.10. The van der Waals surface area contributed by atoms with Gasteiger partial charge in [0.05, 0.1) is 11.1 Å². The van der Waals surface area contributed by atoms with Crippen LogP contribution in [-0.2, 0) is 0 Å². The van der Waals surface area contributed by atoms with E-state index in [0.717, 1.165) is 0 Å². The molecule has 0 saturated carbocycles. The summed E-state index contributed by atoms with van der Waals surface area (Å²) in [4.78, 5) is 21.8. The standard InChI is InChI=1S/C14H9O4/c15-13(16)10-7-5-9(6-8-10)11-3-1-2-4-12(11)14(17)18/h1,3-8H,(H,15,16)(H,17,18). The van der Waals surface area contributed by atoms with Gasteiger partial charge in [0.2, 0.25) is 0 Å². The number of rotatable bonds is 3. The van der Waals surface area contributed by atoms with Crippen LogP contribution >= 0.6 is 0 Å². The Bertz CT molecular complexity index is 599. The predicted molar refractivity (Wildman–Crippen MR) is 64.6 cm³/mol. The van der Waals surface area contributed by atoms with Crippen molar-refractivity contribution >= 4 is 11.9 Å². The number of carbonyl (C=O) groups is 2. The highest BCUT2D eigenvalue weighted by Gasteiger charge is 2.11. The minimum atomic E-state index is -1.04. The fraction of sp³-hybridized carbons (Fsp3) is 0. The summed E-state index contributed by atoms with van der Waals surface area (Å²) in [6.07, 6.45) is 0. The minimum absolute atomic E-state index is 0.139. The van der Waals surface area contributed by atoms with Crippen LogP contribution in [0.15, 0.2) is 42.5 Å². The molecule has 0 atom stereocenters. The molecule has 0 amide bonds. The van der Waals surface area contributed by atoms with Crippen molar-refractivity contribution in [2.75, 3.05) is 0 Å². The van der Waals surface area contributed by atoms with E-state index in [2.05, 4.69) is 6.07 Å². The summed E-state index contributed by atoms with van der Waals surface area (Å²) in [5, 5.41) is 17.8. The first kappa shape index (κ1) is 11.9. The first-order chi connectivity index (χ1) is 8.59. The van der Waals surface area contributed by atoms with E-state index in [1.807, 2.05) is 0 Å². The van der Waals surface area contributed by atoms with Gasteiger partial charge in [0, 0.05) is 0 Å². The van der Waals surface area contributed by atoms with Crippen molar-refractivity contribution in [2.24, 2.45) is 0 Å². The van der Waals surface area contributed by atoms with Gasteiger partial charge >= 0.3 is 11.9 Å². The lowest BCUT2D eigenvalue weighted by Crippen LogP contribution is -2.00. The summed E-state index contributed by atoms with van der Waals surface area (Å²) in [5.41, 5.74) is 1.50. The molecule has 0 aromatic heterocycles. The fourth-order valence-corrected chi connectivity index (χ4v) is 1.65. The van der Waals surface area contributed by atoms with E-state index in [4.69, 9.17) is 10.2 Å². The molecule has 0 bridgehead atoms. The van der Waals surface area contributed by atoms with Crippen molar-refractivity contribution < 1.29 is 19.8 Å². The van der Waals surface area contributed by atoms with Crippen LogP contribution < -0.4 is 0 Å². The molecular weight excluding hydrogens is 232 g/mol. The number of carboxylic acid groups (broad SMARTS) is 2. The maximum absolute atomic E-state index is 11.1. The second kappa shape index (κ2) is 4.71. The van der Waals surface area contributed by atoms with Crippen LogP contribution in [0.25, 0.3) is 11.1 Å². The molecule has 0 heterocycles. The molecule has 0 spiro atoms. The molecule has 2 N–H and O–H groups in total. The van der Waals surface area contributed by atoms with Gasteiger partial charge in [0.25, 0.3) is 0 Å². The average molecular weight is 241 g/mol. The minimum Gasteiger partial charge on any atom is -0.478 e. The van der Waals surface area contributed by atoms with E-state index in [1.54, 1.807) is 24.3 Å². The zero-order valence-electron chi connectivity index (χ0n) is 9.25. The van der Waals surface area contributed by atoms with E-state index < -0.39 is 11.9 Å². The summed E-state index contributed by atoms with van der Waals surface area (Å²) < 4.78 is 0. The van der Waals surface area contributed by atoms with Crippen molar-refractivity contribution in [3.63, 3.8) is 0 Å². The van der Waals surface area contributed by atoms with Gasteiger partial charge in [-0.2, -0.15) is 0 Å². The maximum atomic E-state index is 11.1. The number of hydrogen-bond donors (Lipinski definition) is 2. The van der Waals surface area contributed by atoms with Gasteiger partial charge in [-0.15, -0.1) is 0 Å². The summed E-state index contributed by atoms with van der Waals surface area (Å²) in [5.74, 6) is -2.05. The lowest BCUT2D eigenvalue weighted by Gasteiger charge is -2.06. The van der Waals surface area contributed by atoms with E-state index in [-0.39, 0.29) is 11.1 Å². The van der Waals surface area contributed by atoms with Crippen molar-refractivity contribution in [1.29, 1.82) is 0 Å². The summed E-state index contributed by atoms with van der Waals surface area (Å²) in [7, 11) is 0. The number of hydrogen-bond acceptors (Lipinski definition) is 2. The summed E-state index contributed by atoms with van der Waals surface area (Å²) in [6.45, 7) is 0. The van der Waals surface area contributed by atoms with Gasteiger partial charge in [-0.05, 0) is 35.4 Å². The molecule has 2 aromatic carbocycles. The van der Waals surface area contributed by atoms with Crippen LogP contribution in [0.2, 0.25) is 0 Å². The number of aromatic carboxylic acids is 2. The third kappa shape index (κ3) is 2.22. The third-order valence-corrected chi connectivity index (χ3v) is 2.54. The number of benzene rings is 2. The molecule has 2 rings (SSSR count). The Morgan fingerprint density at radius 3 is 2.17 bits per heavy atom. The molecule has 4 heteroatoms. The SMILES string of the molecule is O=C(O)c1ccc(-c2cc[c]cc2C(=O)O)cc1. The molecule has 0 unspecified atom stereocenters. The van der Waals surface area contributed by atoms with Crippen LogP contribution in [0.3, 0.4) is 0 Å². The van der Waals surface area contributed by atoms with Crippen LogP contribution in [0.1, 0.15) is 20.7 Å². The first-order valence-electron chi connectivity index (χ1n) is 5.16. The van der Waals surface area contributed by atoms with Gasteiger partial charge in [-0.3, -0.25) is 0 Å². The maximum Gasteiger partial charge on any atom is 0.336 e. The highest BCUT2D eigenvalue weighted by Crippen LogP contribution is 2.23. The van der Waals surface area contributed by atoms with Gasteiger partial charge in [-0.1, -0.05) is 24.3 Å². The molecule has 0 saturated heterocycles. The first-order valence-corrected chi connectivity index (χ1v) is 5.16. The van der Waals surface area contributed by atoms with E-state index in [1.165, 1.54) is 18.2 Å².